The van der Waals surface area contributed by atoms with Gasteiger partial charge in [0.15, 0.2) is 0 Å². The van der Waals surface area contributed by atoms with Crippen LogP contribution in [0.3, 0.4) is 0 Å². The first-order valence-electron chi connectivity index (χ1n) is 4.76. The first-order chi connectivity index (χ1) is 7.72. The van der Waals surface area contributed by atoms with Gasteiger partial charge in [-0.1, -0.05) is 0 Å². The summed E-state index contributed by atoms with van der Waals surface area (Å²) < 4.78 is 9.82. The van der Waals surface area contributed by atoms with Crippen LogP contribution in [0.15, 0.2) is 18.3 Å². The summed E-state index contributed by atoms with van der Waals surface area (Å²) >= 11 is 0. The number of methoxy groups -OCH3 is 1. The van der Waals surface area contributed by atoms with Crippen LogP contribution in [-0.2, 0) is 9.53 Å². The van der Waals surface area contributed by atoms with Gasteiger partial charge in [-0.25, -0.2) is 9.78 Å². The summed E-state index contributed by atoms with van der Waals surface area (Å²) in [5.74, 6) is -0.443. The lowest BCUT2D eigenvalue weighted by atomic mass is 10.4. The number of rotatable bonds is 7. The molecule has 0 aliphatic rings. The Bertz CT molecular complexity index is 343. The lowest BCUT2D eigenvalue weighted by Crippen LogP contribution is -2.14. The number of nitrogens with zero attached hydrogens (tertiary/aromatic N) is 1. The molecule has 88 valence electrons. The minimum Gasteiger partial charge on any atom is -0.481 e. The van der Waals surface area contributed by atoms with Crippen molar-refractivity contribution in [2.75, 3.05) is 32.2 Å². The number of nitrogens with one attached hydrogen (secondary N) is 1. The Labute approximate surface area is 93.2 Å². The Balaban J connectivity index is 2.23. The minimum absolute atomic E-state index is 0.276. The number of aliphatic carboxylic acids is 1. The highest BCUT2D eigenvalue weighted by Crippen LogP contribution is 2.12. The predicted molar refractivity (Wildman–Crippen MR) is 57.7 cm³/mol. The molecule has 1 rings (SSSR count). The van der Waals surface area contributed by atoms with Crippen LogP contribution < -0.4 is 10.1 Å². The molecule has 0 bridgehead atoms. The normalized spacial score (nSPS) is 9.81. The lowest BCUT2D eigenvalue weighted by Gasteiger charge is -2.07. The molecule has 0 fully saturated rings. The van der Waals surface area contributed by atoms with E-state index in [1.807, 2.05) is 0 Å². The summed E-state index contributed by atoms with van der Waals surface area (Å²) in [6.07, 6.45) is 1.62. The van der Waals surface area contributed by atoms with Crippen LogP contribution in [0.1, 0.15) is 0 Å². The van der Waals surface area contributed by atoms with Gasteiger partial charge in [0.05, 0.1) is 13.7 Å². The number of carboxylic acids is 1. The lowest BCUT2D eigenvalue weighted by molar-refractivity contribution is -0.142. The van der Waals surface area contributed by atoms with Gasteiger partial charge in [-0.15, -0.1) is 0 Å². The van der Waals surface area contributed by atoms with E-state index < -0.39 is 5.97 Å². The minimum atomic E-state index is -0.967. The molecule has 0 aliphatic carbocycles. The third kappa shape index (κ3) is 4.61. The molecule has 6 nitrogen and oxygen atoms in total. The summed E-state index contributed by atoms with van der Waals surface area (Å²) in [4.78, 5) is 14.1. The fraction of sp³-hybridized carbons (Fsp3) is 0.400. The fourth-order valence-corrected chi connectivity index (χ4v) is 1.06. The number of ether oxygens (including phenoxy) is 2. The molecule has 16 heavy (non-hydrogen) atoms. The van der Waals surface area contributed by atoms with Crippen molar-refractivity contribution in [2.24, 2.45) is 0 Å². The standard InChI is InChI=1S/C10H14N2O4/c1-15-9-6-8(2-3-12-9)11-4-5-16-7-10(13)14/h2-3,6H,4-5,7H2,1H3,(H,11,12)(H,13,14). The SMILES string of the molecule is COc1cc(NCCOCC(=O)O)ccn1. The number of anilines is 1. The summed E-state index contributed by atoms with van der Waals surface area (Å²) in [6.45, 7) is 0.582. The largest absolute Gasteiger partial charge is 0.481 e. The molecular weight excluding hydrogens is 212 g/mol. The van der Waals surface area contributed by atoms with Crippen LogP contribution in [0.5, 0.6) is 5.88 Å². The van der Waals surface area contributed by atoms with Crippen LogP contribution in [0, 0.1) is 0 Å². The van der Waals surface area contributed by atoms with Crippen LogP contribution in [0.2, 0.25) is 0 Å². The Morgan fingerprint density at radius 2 is 2.44 bits per heavy atom. The van der Waals surface area contributed by atoms with Gasteiger partial charge in [-0.05, 0) is 6.07 Å². The second-order valence-electron chi connectivity index (χ2n) is 2.96. The molecule has 1 aromatic heterocycles. The molecule has 0 saturated heterocycles. The van der Waals surface area contributed by atoms with Gasteiger partial charge < -0.3 is 19.9 Å². The molecule has 2 N–H and O–H groups in total. The average molecular weight is 226 g/mol. The maximum absolute atomic E-state index is 10.1. The summed E-state index contributed by atoms with van der Waals surface area (Å²) in [6, 6.07) is 3.54. The zero-order valence-corrected chi connectivity index (χ0v) is 8.97. The van der Waals surface area contributed by atoms with Crippen LogP contribution in [0.25, 0.3) is 0 Å². The number of hydrogen-bond donors (Lipinski definition) is 2. The molecule has 0 aliphatic heterocycles. The van der Waals surface area contributed by atoms with Crippen LogP contribution in [0.4, 0.5) is 5.69 Å². The summed E-state index contributed by atoms with van der Waals surface area (Å²) in [5.41, 5.74) is 0.853. The molecule has 0 atom stereocenters. The van der Waals surface area contributed by atoms with Gasteiger partial charge in [0.1, 0.15) is 6.61 Å². The fourth-order valence-electron chi connectivity index (χ4n) is 1.06. The molecule has 0 amide bonds. The third-order valence-electron chi connectivity index (χ3n) is 1.75. The number of carbonyl (C=O) groups is 1. The van der Waals surface area contributed by atoms with E-state index >= 15 is 0 Å². The van der Waals surface area contributed by atoms with E-state index in [-0.39, 0.29) is 6.61 Å². The van der Waals surface area contributed by atoms with E-state index in [0.717, 1.165) is 5.69 Å². The van der Waals surface area contributed by atoms with Gasteiger partial charge in [0.2, 0.25) is 5.88 Å². The Morgan fingerprint density at radius 3 is 3.12 bits per heavy atom. The second kappa shape index (κ2) is 6.62. The molecule has 0 radical (unpaired) electrons. The average Bonchev–Trinajstić information content (AvgIpc) is 2.28. The smallest absolute Gasteiger partial charge is 0.329 e. The Kier molecular flexibility index (Phi) is 5.07. The van der Waals surface area contributed by atoms with E-state index in [2.05, 4.69) is 10.3 Å². The van der Waals surface area contributed by atoms with Gasteiger partial charge in [0.25, 0.3) is 0 Å². The molecule has 0 saturated carbocycles. The summed E-state index contributed by atoms with van der Waals surface area (Å²) in [7, 11) is 1.54. The van der Waals surface area contributed by atoms with Crippen molar-refractivity contribution >= 4 is 11.7 Å². The van der Waals surface area contributed by atoms with Crippen molar-refractivity contribution in [3.8, 4) is 5.88 Å². The highest BCUT2D eigenvalue weighted by molar-refractivity contribution is 5.67. The first kappa shape index (κ1) is 12.3. The van der Waals surface area contributed by atoms with Crippen molar-refractivity contribution in [1.82, 2.24) is 4.98 Å². The van der Waals surface area contributed by atoms with E-state index in [0.29, 0.717) is 19.0 Å². The zero-order chi connectivity index (χ0) is 11.8. The highest BCUT2D eigenvalue weighted by Gasteiger charge is 1.97. The zero-order valence-electron chi connectivity index (χ0n) is 8.97. The third-order valence-corrected chi connectivity index (χ3v) is 1.75. The van der Waals surface area contributed by atoms with Gasteiger partial charge >= 0.3 is 5.97 Å². The predicted octanol–water partition coefficient (Wildman–Crippen LogP) is 0.603. The molecule has 1 aromatic rings. The Morgan fingerprint density at radius 1 is 1.62 bits per heavy atom. The van der Waals surface area contributed by atoms with Gasteiger partial charge in [-0.3, -0.25) is 0 Å². The van der Waals surface area contributed by atoms with E-state index in [9.17, 15) is 4.79 Å². The highest BCUT2D eigenvalue weighted by atomic mass is 16.5. The first-order valence-corrected chi connectivity index (χ1v) is 4.76. The van der Waals surface area contributed by atoms with Crippen molar-refractivity contribution < 1.29 is 19.4 Å². The van der Waals surface area contributed by atoms with Gasteiger partial charge in [-0.2, -0.15) is 0 Å². The molecule has 6 heteroatoms. The molecule has 0 spiro atoms. The number of aromatic nitrogens is 1. The molecule has 0 unspecified atom stereocenters. The topological polar surface area (TPSA) is 80.7 Å². The second-order valence-corrected chi connectivity index (χ2v) is 2.96. The van der Waals surface area contributed by atoms with Crippen LogP contribution >= 0.6 is 0 Å². The number of hydrogen-bond acceptors (Lipinski definition) is 5. The quantitative estimate of drug-likeness (QED) is 0.663. The van der Waals surface area contributed by atoms with Crippen molar-refractivity contribution in [2.45, 2.75) is 0 Å². The van der Waals surface area contributed by atoms with Crippen molar-refractivity contribution in [3.63, 3.8) is 0 Å². The van der Waals surface area contributed by atoms with E-state index in [4.69, 9.17) is 14.6 Å². The van der Waals surface area contributed by atoms with E-state index in [1.54, 1.807) is 25.4 Å². The van der Waals surface area contributed by atoms with Crippen LogP contribution in [-0.4, -0.2) is 42.9 Å². The van der Waals surface area contributed by atoms with Gasteiger partial charge in [0, 0.05) is 24.5 Å². The van der Waals surface area contributed by atoms with Crippen molar-refractivity contribution in [3.05, 3.63) is 18.3 Å². The number of carboxylic acid groups (broad SMARTS) is 1. The summed E-state index contributed by atoms with van der Waals surface area (Å²) in [5, 5.41) is 11.4. The Hall–Kier alpha value is -1.82. The number of pyridine rings is 1. The molecular formula is C10H14N2O4. The van der Waals surface area contributed by atoms with Crippen molar-refractivity contribution in [1.29, 1.82) is 0 Å². The monoisotopic (exact) mass is 226 g/mol. The maximum atomic E-state index is 10.1. The molecule has 0 aromatic carbocycles. The maximum Gasteiger partial charge on any atom is 0.329 e. The molecule has 1 heterocycles. The van der Waals surface area contributed by atoms with E-state index in [1.165, 1.54) is 0 Å².